The summed E-state index contributed by atoms with van der Waals surface area (Å²) >= 11 is 0. The Kier molecular flexibility index (Phi) is 5.35. The molecule has 7 nitrogen and oxygen atoms in total. The molecule has 0 aliphatic carbocycles. The maximum Gasteiger partial charge on any atom is 0.221 e. The Bertz CT molecular complexity index is 727. The molecule has 0 bridgehead atoms. The predicted molar refractivity (Wildman–Crippen MR) is 99.9 cm³/mol. The number of anilines is 4. The fraction of sp³-hybridized carbons (Fsp3) is 0.333. The molecule has 1 fully saturated rings. The number of nitrogens with zero attached hydrogens (tertiary/aromatic N) is 2. The van der Waals surface area contributed by atoms with Crippen LogP contribution < -0.4 is 25.6 Å². The summed E-state index contributed by atoms with van der Waals surface area (Å²) in [7, 11) is 1.56. The van der Waals surface area contributed by atoms with Gasteiger partial charge in [-0.1, -0.05) is 0 Å². The number of carbonyl (C=O) groups is 1. The smallest absolute Gasteiger partial charge is 0.221 e. The van der Waals surface area contributed by atoms with Crippen molar-refractivity contribution in [2.75, 3.05) is 48.8 Å². The molecule has 0 unspecified atom stereocenters. The number of aromatic nitrogens is 1. The topological polar surface area (TPSA) is 78.5 Å². The van der Waals surface area contributed by atoms with Gasteiger partial charge in [-0.3, -0.25) is 4.79 Å². The third-order valence-electron chi connectivity index (χ3n) is 4.03. The van der Waals surface area contributed by atoms with Gasteiger partial charge in [0.1, 0.15) is 0 Å². The Morgan fingerprint density at radius 3 is 2.56 bits per heavy atom. The lowest BCUT2D eigenvalue weighted by molar-refractivity contribution is -0.114. The molecule has 1 saturated heterocycles. The highest BCUT2D eigenvalue weighted by Gasteiger charge is 2.11. The van der Waals surface area contributed by atoms with Crippen molar-refractivity contribution in [3.8, 4) is 5.88 Å². The zero-order valence-corrected chi connectivity index (χ0v) is 14.5. The van der Waals surface area contributed by atoms with E-state index in [1.807, 2.05) is 12.1 Å². The summed E-state index contributed by atoms with van der Waals surface area (Å²) in [5.41, 5.74) is 3.48. The van der Waals surface area contributed by atoms with E-state index in [0.29, 0.717) is 11.6 Å². The van der Waals surface area contributed by atoms with Gasteiger partial charge in [-0.15, -0.1) is 0 Å². The second kappa shape index (κ2) is 7.85. The maximum atomic E-state index is 11.4. The molecule has 2 aromatic rings. The van der Waals surface area contributed by atoms with Gasteiger partial charge in [0, 0.05) is 50.5 Å². The Morgan fingerprint density at radius 1 is 1.20 bits per heavy atom. The molecule has 1 aromatic carbocycles. The first-order valence-electron chi connectivity index (χ1n) is 8.30. The van der Waals surface area contributed by atoms with Crippen molar-refractivity contribution in [2.45, 2.75) is 6.92 Å². The van der Waals surface area contributed by atoms with Gasteiger partial charge in [-0.2, -0.15) is 0 Å². The molecule has 132 valence electrons. The van der Waals surface area contributed by atoms with Crippen LogP contribution in [0.1, 0.15) is 6.92 Å². The van der Waals surface area contributed by atoms with Crippen LogP contribution in [-0.4, -0.2) is 44.2 Å². The normalized spacial score (nSPS) is 14.1. The number of carbonyl (C=O) groups excluding carboxylic acids is 1. The van der Waals surface area contributed by atoms with E-state index in [9.17, 15) is 4.79 Å². The number of ether oxygens (including phenoxy) is 1. The molecule has 0 spiro atoms. The number of amides is 1. The second-order valence-corrected chi connectivity index (χ2v) is 5.86. The Morgan fingerprint density at radius 2 is 1.92 bits per heavy atom. The van der Waals surface area contributed by atoms with Crippen LogP contribution in [0.5, 0.6) is 5.88 Å². The molecule has 0 saturated carbocycles. The summed E-state index contributed by atoms with van der Waals surface area (Å²) in [5, 5.41) is 9.45. The molecular formula is C18H23N5O2. The lowest BCUT2D eigenvalue weighted by atomic mass is 10.2. The number of piperazine rings is 1. The minimum Gasteiger partial charge on any atom is -0.481 e. The van der Waals surface area contributed by atoms with Crippen molar-refractivity contribution >= 4 is 28.7 Å². The average molecular weight is 341 g/mol. The molecule has 1 amide bonds. The Balaban J connectivity index is 1.77. The maximum absolute atomic E-state index is 11.4. The van der Waals surface area contributed by atoms with E-state index in [2.05, 4.69) is 38.0 Å². The number of pyridine rings is 1. The first-order chi connectivity index (χ1) is 12.2. The van der Waals surface area contributed by atoms with Crippen LogP contribution in [0.4, 0.5) is 22.7 Å². The van der Waals surface area contributed by atoms with Crippen LogP contribution in [0.2, 0.25) is 0 Å². The fourth-order valence-corrected chi connectivity index (χ4v) is 2.77. The first kappa shape index (κ1) is 17.0. The van der Waals surface area contributed by atoms with E-state index in [1.54, 1.807) is 19.4 Å². The highest BCUT2D eigenvalue weighted by molar-refractivity contribution is 5.93. The number of nitrogens with one attached hydrogen (secondary N) is 3. The molecular weight excluding hydrogens is 318 g/mol. The highest BCUT2D eigenvalue weighted by Crippen LogP contribution is 2.29. The van der Waals surface area contributed by atoms with Gasteiger partial charge in [-0.25, -0.2) is 4.98 Å². The van der Waals surface area contributed by atoms with Crippen molar-refractivity contribution in [3.63, 3.8) is 0 Å². The van der Waals surface area contributed by atoms with E-state index >= 15 is 0 Å². The molecule has 25 heavy (non-hydrogen) atoms. The third-order valence-corrected chi connectivity index (χ3v) is 4.03. The minimum absolute atomic E-state index is 0.149. The van der Waals surface area contributed by atoms with Crippen LogP contribution in [0, 0.1) is 0 Å². The molecule has 1 aliphatic heterocycles. The van der Waals surface area contributed by atoms with Gasteiger partial charge < -0.3 is 25.6 Å². The summed E-state index contributed by atoms with van der Waals surface area (Å²) in [4.78, 5) is 17.9. The number of hydrogen-bond donors (Lipinski definition) is 3. The standard InChI is InChI=1S/C18H23N5O2/c1-13(24)21-17-12-20-18(25-2)11-16(17)22-14-3-5-15(6-4-14)23-9-7-19-8-10-23/h3-6,11-12,19H,7-10H2,1-2H3,(H,20,22)(H,21,24). The van der Waals surface area contributed by atoms with Gasteiger partial charge >= 0.3 is 0 Å². The molecule has 3 rings (SSSR count). The monoisotopic (exact) mass is 341 g/mol. The van der Waals surface area contributed by atoms with Crippen LogP contribution in [0.3, 0.4) is 0 Å². The highest BCUT2D eigenvalue weighted by atomic mass is 16.5. The van der Waals surface area contributed by atoms with E-state index in [1.165, 1.54) is 12.6 Å². The van der Waals surface area contributed by atoms with Gasteiger partial charge in [0.25, 0.3) is 0 Å². The molecule has 0 atom stereocenters. The van der Waals surface area contributed by atoms with Gasteiger partial charge in [0.2, 0.25) is 11.8 Å². The zero-order chi connectivity index (χ0) is 17.6. The van der Waals surface area contributed by atoms with Crippen molar-refractivity contribution in [2.24, 2.45) is 0 Å². The molecule has 0 radical (unpaired) electrons. The summed E-state index contributed by atoms with van der Waals surface area (Å²) in [6, 6.07) is 10.0. The molecule has 2 heterocycles. The fourth-order valence-electron chi connectivity index (χ4n) is 2.77. The zero-order valence-electron chi connectivity index (χ0n) is 14.5. The van der Waals surface area contributed by atoms with Crippen LogP contribution in [-0.2, 0) is 4.79 Å². The van der Waals surface area contributed by atoms with Gasteiger partial charge in [0.15, 0.2) is 0 Å². The summed E-state index contributed by atoms with van der Waals surface area (Å²) in [5.74, 6) is 0.332. The van der Waals surface area contributed by atoms with Crippen molar-refractivity contribution in [1.29, 1.82) is 0 Å². The van der Waals surface area contributed by atoms with E-state index in [4.69, 9.17) is 4.74 Å². The summed E-state index contributed by atoms with van der Waals surface area (Å²) in [6.07, 6.45) is 1.58. The van der Waals surface area contributed by atoms with Crippen molar-refractivity contribution < 1.29 is 9.53 Å². The predicted octanol–water partition coefficient (Wildman–Crippen LogP) is 2.20. The average Bonchev–Trinajstić information content (AvgIpc) is 2.64. The number of methoxy groups -OCH3 is 1. The van der Waals surface area contributed by atoms with Gasteiger partial charge in [0.05, 0.1) is 24.7 Å². The van der Waals surface area contributed by atoms with Crippen molar-refractivity contribution in [1.82, 2.24) is 10.3 Å². The largest absolute Gasteiger partial charge is 0.481 e. The lowest BCUT2D eigenvalue weighted by Gasteiger charge is -2.29. The van der Waals surface area contributed by atoms with E-state index in [0.717, 1.165) is 37.6 Å². The van der Waals surface area contributed by atoms with Crippen molar-refractivity contribution in [3.05, 3.63) is 36.5 Å². The quantitative estimate of drug-likeness (QED) is 0.774. The minimum atomic E-state index is -0.149. The Hall–Kier alpha value is -2.80. The summed E-state index contributed by atoms with van der Waals surface area (Å²) in [6.45, 7) is 5.52. The van der Waals surface area contributed by atoms with Crippen LogP contribution in [0.25, 0.3) is 0 Å². The first-order valence-corrected chi connectivity index (χ1v) is 8.30. The molecule has 1 aromatic heterocycles. The molecule has 1 aliphatic rings. The number of rotatable bonds is 5. The lowest BCUT2D eigenvalue weighted by Crippen LogP contribution is -2.43. The SMILES string of the molecule is COc1cc(Nc2ccc(N3CCNCC3)cc2)c(NC(C)=O)cn1. The van der Waals surface area contributed by atoms with E-state index in [-0.39, 0.29) is 5.91 Å². The number of benzene rings is 1. The second-order valence-electron chi connectivity index (χ2n) is 5.86. The van der Waals surface area contributed by atoms with Crippen LogP contribution in [0.15, 0.2) is 36.5 Å². The third kappa shape index (κ3) is 4.39. The van der Waals surface area contributed by atoms with Crippen LogP contribution >= 0.6 is 0 Å². The summed E-state index contributed by atoms with van der Waals surface area (Å²) < 4.78 is 5.17. The van der Waals surface area contributed by atoms with Gasteiger partial charge in [-0.05, 0) is 24.3 Å². The number of hydrogen-bond acceptors (Lipinski definition) is 6. The Labute approximate surface area is 147 Å². The van der Waals surface area contributed by atoms with E-state index < -0.39 is 0 Å². The molecule has 7 heteroatoms. The molecule has 3 N–H and O–H groups in total.